The second-order valence-corrected chi connectivity index (χ2v) is 5.76. The highest BCUT2D eigenvalue weighted by atomic mass is 16.6. The topological polar surface area (TPSA) is 61.8 Å². The summed E-state index contributed by atoms with van der Waals surface area (Å²) in [4.78, 5) is 23.5. The standard InChI is InChI=1S/C17H22O5/c1-11(16(19)22-17(2,3)4)12-7-8-14(20-5)13(9-12)10-15(18)21-6/h7-9H,1,10H2,2-6H3. The summed E-state index contributed by atoms with van der Waals surface area (Å²) in [5, 5.41) is 0. The summed E-state index contributed by atoms with van der Waals surface area (Å²) in [7, 11) is 2.83. The number of ether oxygens (including phenoxy) is 3. The molecule has 1 rings (SSSR count). The Kier molecular flexibility index (Phi) is 5.74. The summed E-state index contributed by atoms with van der Waals surface area (Å²) < 4.78 is 15.2. The number of hydrogen-bond donors (Lipinski definition) is 0. The Morgan fingerprint density at radius 1 is 1.18 bits per heavy atom. The third kappa shape index (κ3) is 4.91. The Balaban J connectivity index is 3.05. The maximum absolute atomic E-state index is 12.1. The van der Waals surface area contributed by atoms with Gasteiger partial charge in [-0.1, -0.05) is 12.6 Å². The van der Waals surface area contributed by atoms with Crippen LogP contribution in [-0.2, 0) is 25.5 Å². The van der Waals surface area contributed by atoms with E-state index < -0.39 is 17.5 Å². The number of benzene rings is 1. The van der Waals surface area contributed by atoms with Crippen molar-refractivity contribution in [2.45, 2.75) is 32.8 Å². The van der Waals surface area contributed by atoms with Crippen LogP contribution in [0, 0.1) is 0 Å². The van der Waals surface area contributed by atoms with Crippen molar-refractivity contribution in [1.29, 1.82) is 0 Å². The largest absolute Gasteiger partial charge is 0.496 e. The zero-order valence-corrected chi connectivity index (χ0v) is 13.7. The first-order valence-corrected chi connectivity index (χ1v) is 6.84. The number of rotatable bonds is 5. The Labute approximate surface area is 130 Å². The van der Waals surface area contributed by atoms with E-state index in [4.69, 9.17) is 9.47 Å². The minimum Gasteiger partial charge on any atom is -0.496 e. The van der Waals surface area contributed by atoms with E-state index in [9.17, 15) is 9.59 Å². The van der Waals surface area contributed by atoms with Gasteiger partial charge >= 0.3 is 11.9 Å². The Morgan fingerprint density at radius 3 is 2.32 bits per heavy atom. The maximum Gasteiger partial charge on any atom is 0.338 e. The van der Waals surface area contributed by atoms with Gasteiger partial charge in [0, 0.05) is 5.56 Å². The van der Waals surface area contributed by atoms with E-state index in [1.165, 1.54) is 14.2 Å². The van der Waals surface area contributed by atoms with Crippen molar-refractivity contribution >= 4 is 17.5 Å². The van der Waals surface area contributed by atoms with Crippen LogP contribution in [0.4, 0.5) is 0 Å². The van der Waals surface area contributed by atoms with E-state index in [0.29, 0.717) is 16.9 Å². The molecular weight excluding hydrogens is 284 g/mol. The zero-order valence-electron chi connectivity index (χ0n) is 13.7. The van der Waals surface area contributed by atoms with Crippen molar-refractivity contribution in [3.8, 4) is 5.75 Å². The fourth-order valence-electron chi connectivity index (χ4n) is 1.79. The van der Waals surface area contributed by atoms with Gasteiger partial charge in [0.1, 0.15) is 11.4 Å². The zero-order chi connectivity index (χ0) is 16.9. The van der Waals surface area contributed by atoms with Crippen molar-refractivity contribution in [3.05, 3.63) is 35.9 Å². The van der Waals surface area contributed by atoms with Gasteiger partial charge in [-0.25, -0.2) is 4.79 Å². The van der Waals surface area contributed by atoms with Gasteiger partial charge in [0.25, 0.3) is 0 Å². The van der Waals surface area contributed by atoms with Crippen LogP contribution in [0.5, 0.6) is 5.75 Å². The smallest absolute Gasteiger partial charge is 0.338 e. The van der Waals surface area contributed by atoms with E-state index >= 15 is 0 Å². The van der Waals surface area contributed by atoms with Crippen LogP contribution in [0.15, 0.2) is 24.8 Å². The molecule has 0 fully saturated rings. The van der Waals surface area contributed by atoms with E-state index in [-0.39, 0.29) is 12.0 Å². The molecule has 0 radical (unpaired) electrons. The minimum atomic E-state index is -0.596. The molecule has 1 aromatic carbocycles. The van der Waals surface area contributed by atoms with Crippen LogP contribution in [0.1, 0.15) is 31.9 Å². The predicted molar refractivity (Wildman–Crippen MR) is 83.6 cm³/mol. The molecule has 0 bridgehead atoms. The van der Waals surface area contributed by atoms with Crippen molar-refractivity contribution in [3.63, 3.8) is 0 Å². The van der Waals surface area contributed by atoms with Crippen molar-refractivity contribution in [1.82, 2.24) is 0 Å². The lowest BCUT2D eigenvalue weighted by atomic mass is 10.0. The van der Waals surface area contributed by atoms with E-state index in [1.54, 1.807) is 39.0 Å². The third-order valence-corrected chi connectivity index (χ3v) is 2.84. The molecule has 1 aromatic rings. The molecule has 5 heteroatoms. The van der Waals surface area contributed by atoms with Gasteiger partial charge in [0.05, 0.1) is 26.2 Å². The van der Waals surface area contributed by atoms with Crippen molar-refractivity contribution in [2.24, 2.45) is 0 Å². The van der Waals surface area contributed by atoms with Crippen LogP contribution in [0.3, 0.4) is 0 Å². The lowest BCUT2D eigenvalue weighted by molar-refractivity contribution is -0.147. The van der Waals surface area contributed by atoms with Gasteiger partial charge in [-0.05, 0) is 38.5 Å². The monoisotopic (exact) mass is 306 g/mol. The summed E-state index contributed by atoms with van der Waals surface area (Å²) in [5.41, 5.74) is 0.829. The predicted octanol–water partition coefficient (Wildman–Crippen LogP) is 2.77. The normalized spacial score (nSPS) is 10.8. The quantitative estimate of drug-likeness (QED) is 0.618. The third-order valence-electron chi connectivity index (χ3n) is 2.84. The van der Waals surface area contributed by atoms with E-state index in [2.05, 4.69) is 11.3 Å². The maximum atomic E-state index is 12.1. The molecule has 0 heterocycles. The SMILES string of the molecule is C=C(C(=O)OC(C)(C)C)c1ccc(OC)c(CC(=O)OC)c1. The first-order chi connectivity index (χ1) is 10.2. The molecule has 0 saturated carbocycles. The summed E-state index contributed by atoms with van der Waals surface area (Å²) in [6.45, 7) is 9.13. The molecule has 0 amide bonds. The summed E-state index contributed by atoms with van der Waals surface area (Å²) in [5.74, 6) is -0.342. The van der Waals surface area contributed by atoms with Gasteiger partial charge in [0.2, 0.25) is 0 Å². The van der Waals surface area contributed by atoms with Gasteiger partial charge in [-0.3, -0.25) is 4.79 Å². The molecule has 0 saturated heterocycles. The molecule has 120 valence electrons. The second-order valence-electron chi connectivity index (χ2n) is 5.76. The molecule has 5 nitrogen and oxygen atoms in total. The average Bonchev–Trinajstić information content (AvgIpc) is 2.44. The molecular formula is C17H22O5. The molecule has 0 aliphatic heterocycles. The van der Waals surface area contributed by atoms with E-state index in [1.807, 2.05) is 0 Å². The van der Waals surface area contributed by atoms with Crippen LogP contribution in [-0.4, -0.2) is 31.8 Å². The van der Waals surface area contributed by atoms with Gasteiger partial charge < -0.3 is 14.2 Å². The first kappa shape index (κ1) is 17.8. The first-order valence-electron chi connectivity index (χ1n) is 6.84. The van der Waals surface area contributed by atoms with Crippen LogP contribution in [0.2, 0.25) is 0 Å². The van der Waals surface area contributed by atoms with Gasteiger partial charge in [-0.2, -0.15) is 0 Å². The van der Waals surface area contributed by atoms with Crippen LogP contribution < -0.4 is 4.74 Å². The Hall–Kier alpha value is -2.30. The molecule has 0 spiro atoms. The average molecular weight is 306 g/mol. The summed E-state index contributed by atoms with van der Waals surface area (Å²) in [6, 6.07) is 5.07. The number of carbonyl (C=O) groups excluding carboxylic acids is 2. The second kappa shape index (κ2) is 7.11. The van der Waals surface area contributed by atoms with Gasteiger partial charge in [0.15, 0.2) is 0 Å². The van der Waals surface area contributed by atoms with Crippen molar-refractivity contribution < 1.29 is 23.8 Å². The highest BCUT2D eigenvalue weighted by Crippen LogP contribution is 2.25. The highest BCUT2D eigenvalue weighted by molar-refractivity contribution is 6.15. The lowest BCUT2D eigenvalue weighted by Crippen LogP contribution is -2.24. The van der Waals surface area contributed by atoms with Crippen molar-refractivity contribution in [2.75, 3.05) is 14.2 Å². The fourth-order valence-corrected chi connectivity index (χ4v) is 1.79. The molecule has 0 unspecified atom stereocenters. The molecule has 0 atom stereocenters. The molecule has 0 N–H and O–H groups in total. The molecule has 0 aromatic heterocycles. The Morgan fingerprint density at radius 2 is 1.82 bits per heavy atom. The summed E-state index contributed by atoms with van der Waals surface area (Å²) >= 11 is 0. The number of esters is 2. The molecule has 0 aliphatic rings. The van der Waals surface area contributed by atoms with Crippen LogP contribution in [0.25, 0.3) is 5.57 Å². The lowest BCUT2D eigenvalue weighted by Gasteiger charge is -2.20. The van der Waals surface area contributed by atoms with E-state index in [0.717, 1.165) is 0 Å². The molecule has 22 heavy (non-hydrogen) atoms. The summed E-state index contributed by atoms with van der Waals surface area (Å²) in [6.07, 6.45) is 0.0507. The highest BCUT2D eigenvalue weighted by Gasteiger charge is 2.20. The Bertz CT molecular complexity index is 581. The minimum absolute atomic E-state index is 0.0507. The number of carbonyl (C=O) groups is 2. The van der Waals surface area contributed by atoms with Gasteiger partial charge in [-0.15, -0.1) is 0 Å². The number of hydrogen-bond acceptors (Lipinski definition) is 5. The molecule has 0 aliphatic carbocycles. The fraction of sp³-hybridized carbons (Fsp3) is 0.412. The number of methoxy groups -OCH3 is 2. The van der Waals surface area contributed by atoms with Crippen LogP contribution >= 0.6 is 0 Å².